The highest BCUT2D eigenvalue weighted by atomic mass is 16.5. The number of anilines is 1. The van der Waals surface area contributed by atoms with Crippen molar-refractivity contribution in [2.75, 3.05) is 18.5 Å². The maximum absolute atomic E-state index is 12.1. The molecular weight excluding hydrogens is 390 g/mol. The summed E-state index contributed by atoms with van der Waals surface area (Å²) >= 11 is 0. The molecule has 5 nitrogen and oxygen atoms in total. The number of esters is 1. The second-order valence-corrected chi connectivity index (χ2v) is 7.67. The van der Waals surface area contributed by atoms with E-state index in [9.17, 15) is 9.59 Å². The van der Waals surface area contributed by atoms with E-state index < -0.39 is 0 Å². The molecular formula is C26H35NO4. The molecule has 0 aliphatic heterocycles. The number of carbonyl (C=O) groups is 2. The van der Waals surface area contributed by atoms with Gasteiger partial charge >= 0.3 is 5.97 Å². The highest BCUT2D eigenvalue weighted by Gasteiger charge is 2.08. The van der Waals surface area contributed by atoms with Crippen molar-refractivity contribution in [1.82, 2.24) is 0 Å². The van der Waals surface area contributed by atoms with Crippen LogP contribution in [0.5, 0.6) is 5.75 Å². The normalized spacial score (nSPS) is 10.5. The van der Waals surface area contributed by atoms with Gasteiger partial charge in [0, 0.05) is 12.1 Å². The number of rotatable bonds is 14. The zero-order chi connectivity index (χ0) is 22.3. The summed E-state index contributed by atoms with van der Waals surface area (Å²) in [6.07, 6.45) is 7.47. The number of amides is 1. The van der Waals surface area contributed by atoms with Gasteiger partial charge in [0.15, 0.2) is 0 Å². The minimum atomic E-state index is -0.325. The summed E-state index contributed by atoms with van der Waals surface area (Å²) in [6, 6.07) is 14.9. The van der Waals surface area contributed by atoms with Gasteiger partial charge in [0.1, 0.15) is 5.75 Å². The minimum absolute atomic E-state index is 0.0758. The largest absolute Gasteiger partial charge is 0.494 e. The fourth-order valence-corrected chi connectivity index (χ4v) is 3.15. The summed E-state index contributed by atoms with van der Waals surface area (Å²) in [6.45, 7) is 5.24. The van der Waals surface area contributed by atoms with Crippen molar-refractivity contribution in [3.05, 3.63) is 59.7 Å². The van der Waals surface area contributed by atoms with Crippen molar-refractivity contribution < 1.29 is 19.1 Å². The molecule has 0 heterocycles. The third-order valence-electron chi connectivity index (χ3n) is 4.91. The first kappa shape index (κ1) is 24.4. The Morgan fingerprint density at radius 3 is 2.23 bits per heavy atom. The number of nitrogens with one attached hydrogen (secondary N) is 1. The summed E-state index contributed by atoms with van der Waals surface area (Å²) in [4.78, 5) is 24.2. The molecule has 0 bridgehead atoms. The maximum atomic E-state index is 12.1. The Hall–Kier alpha value is -2.82. The van der Waals surface area contributed by atoms with Crippen LogP contribution in [0.15, 0.2) is 48.5 Å². The molecule has 0 fully saturated rings. The molecule has 1 N–H and O–H groups in total. The van der Waals surface area contributed by atoms with Crippen molar-refractivity contribution in [1.29, 1.82) is 0 Å². The molecule has 0 spiro atoms. The van der Waals surface area contributed by atoms with E-state index in [0.29, 0.717) is 37.3 Å². The molecule has 5 heteroatoms. The lowest BCUT2D eigenvalue weighted by atomic mass is 10.1. The summed E-state index contributed by atoms with van der Waals surface area (Å²) < 4.78 is 11.0. The molecule has 1 amide bonds. The summed E-state index contributed by atoms with van der Waals surface area (Å²) in [5.41, 5.74) is 2.46. The molecule has 0 aromatic heterocycles. The average molecular weight is 426 g/mol. The number of unbranched alkanes of at least 4 members (excludes halogenated alkanes) is 3. The predicted molar refractivity (Wildman–Crippen MR) is 125 cm³/mol. The first-order chi connectivity index (χ1) is 15.1. The smallest absolute Gasteiger partial charge is 0.338 e. The van der Waals surface area contributed by atoms with E-state index >= 15 is 0 Å². The zero-order valence-electron chi connectivity index (χ0n) is 18.8. The number of hydrogen-bond acceptors (Lipinski definition) is 4. The van der Waals surface area contributed by atoms with E-state index in [2.05, 4.69) is 31.3 Å². The number of aryl methyl sites for hydroxylation is 1. The Kier molecular flexibility index (Phi) is 11.2. The van der Waals surface area contributed by atoms with Crippen LogP contribution in [0, 0.1) is 0 Å². The van der Waals surface area contributed by atoms with Gasteiger partial charge in [0.2, 0.25) is 5.91 Å². The van der Waals surface area contributed by atoms with E-state index in [1.807, 2.05) is 12.1 Å². The standard InChI is InChI=1S/C26H35NO4/c1-3-5-6-7-19-31-26(29)22-13-15-23(16-14-22)27-25(28)10-8-20-30-24-17-11-21(9-4-2)12-18-24/h11-18H,3-10,19-20H2,1-2H3,(H,27,28). The zero-order valence-corrected chi connectivity index (χ0v) is 18.8. The lowest BCUT2D eigenvalue weighted by Crippen LogP contribution is -2.13. The Bertz CT molecular complexity index is 784. The predicted octanol–water partition coefficient (Wildman–Crippen LogP) is 6.17. The Morgan fingerprint density at radius 2 is 1.55 bits per heavy atom. The molecule has 0 atom stereocenters. The van der Waals surface area contributed by atoms with Crippen molar-refractivity contribution in [3.63, 3.8) is 0 Å². The molecule has 2 rings (SSSR count). The van der Waals surface area contributed by atoms with Crippen LogP contribution in [-0.2, 0) is 16.0 Å². The van der Waals surface area contributed by atoms with Crippen LogP contribution >= 0.6 is 0 Å². The molecule has 2 aromatic carbocycles. The van der Waals surface area contributed by atoms with E-state index in [-0.39, 0.29) is 11.9 Å². The Balaban J connectivity index is 1.64. The van der Waals surface area contributed by atoms with Gasteiger partial charge in [-0.25, -0.2) is 4.79 Å². The average Bonchev–Trinajstić information content (AvgIpc) is 2.78. The minimum Gasteiger partial charge on any atom is -0.494 e. The first-order valence-electron chi connectivity index (χ1n) is 11.4. The van der Waals surface area contributed by atoms with Crippen molar-refractivity contribution in [2.24, 2.45) is 0 Å². The van der Waals surface area contributed by atoms with Gasteiger partial charge in [-0.2, -0.15) is 0 Å². The Labute approximate surface area is 186 Å². The monoisotopic (exact) mass is 425 g/mol. The number of carbonyl (C=O) groups excluding carboxylic acids is 2. The van der Waals surface area contributed by atoms with Crippen LogP contribution in [0.3, 0.4) is 0 Å². The third-order valence-corrected chi connectivity index (χ3v) is 4.91. The topological polar surface area (TPSA) is 64.6 Å². The van der Waals surface area contributed by atoms with Crippen molar-refractivity contribution in [3.8, 4) is 5.75 Å². The lowest BCUT2D eigenvalue weighted by molar-refractivity contribution is -0.116. The second kappa shape index (κ2) is 14.2. The molecule has 0 unspecified atom stereocenters. The third kappa shape index (κ3) is 9.69. The number of ether oxygens (including phenoxy) is 2. The van der Waals surface area contributed by atoms with Crippen molar-refractivity contribution >= 4 is 17.6 Å². The van der Waals surface area contributed by atoms with Crippen molar-refractivity contribution in [2.45, 2.75) is 65.2 Å². The van der Waals surface area contributed by atoms with Crippen LogP contribution in [0.1, 0.15) is 74.7 Å². The van der Waals surface area contributed by atoms with E-state index in [1.54, 1.807) is 24.3 Å². The fraction of sp³-hybridized carbons (Fsp3) is 0.462. The van der Waals surface area contributed by atoms with Gasteiger partial charge < -0.3 is 14.8 Å². The van der Waals surface area contributed by atoms with Gasteiger partial charge in [0.25, 0.3) is 0 Å². The number of hydrogen-bond donors (Lipinski definition) is 1. The maximum Gasteiger partial charge on any atom is 0.338 e. The second-order valence-electron chi connectivity index (χ2n) is 7.67. The quantitative estimate of drug-likeness (QED) is 0.290. The molecule has 2 aromatic rings. The van der Waals surface area contributed by atoms with Crippen LogP contribution in [-0.4, -0.2) is 25.1 Å². The SMILES string of the molecule is CCCCCCOC(=O)c1ccc(NC(=O)CCCOc2ccc(CCC)cc2)cc1. The molecule has 31 heavy (non-hydrogen) atoms. The number of benzene rings is 2. The summed E-state index contributed by atoms with van der Waals surface area (Å²) in [7, 11) is 0. The van der Waals surface area contributed by atoms with E-state index in [1.165, 1.54) is 5.56 Å². The molecule has 0 saturated carbocycles. The van der Waals surface area contributed by atoms with E-state index in [0.717, 1.165) is 44.3 Å². The van der Waals surface area contributed by atoms with Crippen LogP contribution in [0.2, 0.25) is 0 Å². The van der Waals surface area contributed by atoms with Crippen LogP contribution in [0.4, 0.5) is 5.69 Å². The lowest BCUT2D eigenvalue weighted by Gasteiger charge is -2.09. The molecule has 0 aliphatic rings. The highest BCUT2D eigenvalue weighted by Crippen LogP contribution is 2.15. The van der Waals surface area contributed by atoms with Gasteiger partial charge in [-0.15, -0.1) is 0 Å². The summed E-state index contributed by atoms with van der Waals surface area (Å²) in [5.74, 6) is 0.426. The molecule has 0 saturated heterocycles. The fourth-order valence-electron chi connectivity index (χ4n) is 3.15. The molecule has 0 radical (unpaired) electrons. The highest BCUT2D eigenvalue weighted by molar-refractivity contribution is 5.93. The Morgan fingerprint density at radius 1 is 0.806 bits per heavy atom. The van der Waals surface area contributed by atoms with Gasteiger partial charge in [-0.1, -0.05) is 51.7 Å². The summed E-state index contributed by atoms with van der Waals surface area (Å²) in [5, 5.41) is 2.85. The molecule has 0 aliphatic carbocycles. The molecule has 168 valence electrons. The van der Waals surface area contributed by atoms with Gasteiger partial charge in [-0.05, 0) is 61.2 Å². The van der Waals surface area contributed by atoms with E-state index in [4.69, 9.17) is 9.47 Å². The van der Waals surface area contributed by atoms with Gasteiger partial charge in [0.05, 0.1) is 18.8 Å². The van der Waals surface area contributed by atoms with Gasteiger partial charge in [-0.3, -0.25) is 4.79 Å². The van der Waals surface area contributed by atoms with Crippen LogP contribution < -0.4 is 10.1 Å². The first-order valence-corrected chi connectivity index (χ1v) is 11.4. The van der Waals surface area contributed by atoms with Crippen LogP contribution in [0.25, 0.3) is 0 Å².